The number of aliphatic hydroxyl groups is 1. The third-order valence-electron chi connectivity index (χ3n) is 4.50. The molecule has 8 heteroatoms. The molecular formula is C15H27F3N4O. The zero-order chi connectivity index (χ0) is 16.9. The van der Waals surface area contributed by atoms with Gasteiger partial charge >= 0.3 is 6.18 Å². The summed E-state index contributed by atoms with van der Waals surface area (Å²) in [5, 5.41) is 12.1. The Bertz CT molecular complexity index is 397. The van der Waals surface area contributed by atoms with Crippen molar-refractivity contribution in [3.8, 4) is 0 Å². The second-order valence-corrected chi connectivity index (χ2v) is 6.24. The highest BCUT2D eigenvalue weighted by Crippen LogP contribution is 2.22. The number of hydrogen-bond acceptors (Lipinski definition) is 3. The second kappa shape index (κ2) is 8.19. The fourth-order valence-corrected chi connectivity index (χ4v) is 3.22. The molecule has 2 fully saturated rings. The molecule has 2 saturated heterocycles. The molecule has 134 valence electrons. The number of piperidine rings is 1. The van der Waals surface area contributed by atoms with Gasteiger partial charge in [0.05, 0.1) is 6.54 Å². The van der Waals surface area contributed by atoms with Crippen LogP contribution in [0, 0.1) is 0 Å². The van der Waals surface area contributed by atoms with Gasteiger partial charge in [-0.05, 0) is 39.3 Å². The first-order valence-electron chi connectivity index (χ1n) is 8.44. The Morgan fingerprint density at radius 3 is 2.57 bits per heavy atom. The molecule has 2 rings (SSSR count). The van der Waals surface area contributed by atoms with Crippen LogP contribution in [0.25, 0.3) is 0 Å². The van der Waals surface area contributed by atoms with E-state index in [1.807, 2.05) is 11.8 Å². The van der Waals surface area contributed by atoms with E-state index in [1.165, 1.54) is 19.3 Å². The van der Waals surface area contributed by atoms with Gasteiger partial charge < -0.3 is 15.3 Å². The Morgan fingerprint density at radius 1 is 1.26 bits per heavy atom. The molecule has 23 heavy (non-hydrogen) atoms. The quantitative estimate of drug-likeness (QED) is 0.602. The summed E-state index contributed by atoms with van der Waals surface area (Å²) in [7, 11) is 0. The maximum absolute atomic E-state index is 12.4. The molecule has 0 radical (unpaired) electrons. The number of halogens is 3. The van der Waals surface area contributed by atoms with E-state index in [0.717, 1.165) is 32.6 Å². The minimum atomic E-state index is -4.62. The summed E-state index contributed by atoms with van der Waals surface area (Å²) in [6, 6.07) is 0.451. The van der Waals surface area contributed by atoms with Crippen LogP contribution >= 0.6 is 0 Å². The average Bonchev–Trinajstić information content (AvgIpc) is 3.01. The molecule has 0 aromatic rings. The monoisotopic (exact) mass is 336 g/mol. The molecule has 0 saturated carbocycles. The number of aliphatic hydroxyl groups excluding tert-OH is 1. The summed E-state index contributed by atoms with van der Waals surface area (Å²) in [5.74, 6) is 0.468. The minimum Gasteiger partial charge on any atom is -0.382 e. The highest BCUT2D eigenvalue weighted by molar-refractivity contribution is 5.80. The normalized spacial score (nSPS) is 25.7. The number of guanidine groups is 1. The third kappa shape index (κ3) is 5.24. The smallest absolute Gasteiger partial charge is 0.382 e. The van der Waals surface area contributed by atoms with Gasteiger partial charge in [-0.25, -0.2) is 0 Å². The standard InChI is InChI=1S/C15H27F3N4O/c1-2-19-14(20-10-13(23)15(16,17)18)22-9-6-12(11-22)21-7-4-3-5-8-21/h12-13,23H,2-11H2,1H3,(H,19,20). The first-order valence-corrected chi connectivity index (χ1v) is 8.44. The van der Waals surface area contributed by atoms with Crippen molar-refractivity contribution >= 4 is 5.96 Å². The SMILES string of the molecule is CCNC(=NCC(O)C(F)(F)F)N1CCC(N2CCCCC2)C1. The van der Waals surface area contributed by atoms with Crippen molar-refractivity contribution in [3.63, 3.8) is 0 Å². The lowest BCUT2D eigenvalue weighted by Gasteiger charge is -2.32. The molecular weight excluding hydrogens is 309 g/mol. The Kier molecular flexibility index (Phi) is 6.52. The van der Waals surface area contributed by atoms with Gasteiger partial charge in [0.2, 0.25) is 0 Å². The molecule has 0 amide bonds. The molecule has 2 heterocycles. The Hall–Kier alpha value is -1.02. The molecule has 2 aliphatic rings. The van der Waals surface area contributed by atoms with E-state index in [4.69, 9.17) is 5.11 Å². The summed E-state index contributed by atoms with van der Waals surface area (Å²) in [6.45, 7) is 5.61. The van der Waals surface area contributed by atoms with Crippen molar-refractivity contribution in [2.24, 2.45) is 4.99 Å². The lowest BCUT2D eigenvalue weighted by atomic mass is 10.1. The van der Waals surface area contributed by atoms with Gasteiger partial charge in [-0.1, -0.05) is 6.42 Å². The zero-order valence-corrected chi connectivity index (χ0v) is 13.6. The van der Waals surface area contributed by atoms with Gasteiger partial charge in [-0.2, -0.15) is 13.2 Å². The fraction of sp³-hybridized carbons (Fsp3) is 0.933. The molecule has 0 bridgehead atoms. The van der Waals surface area contributed by atoms with Crippen LogP contribution in [0.15, 0.2) is 4.99 Å². The Morgan fingerprint density at radius 2 is 1.96 bits per heavy atom. The topological polar surface area (TPSA) is 51.1 Å². The number of rotatable bonds is 4. The molecule has 0 aromatic heterocycles. The van der Waals surface area contributed by atoms with Crippen molar-refractivity contribution in [2.45, 2.75) is 50.9 Å². The van der Waals surface area contributed by atoms with Crippen LogP contribution in [0.4, 0.5) is 13.2 Å². The molecule has 0 spiro atoms. The Labute approximate surface area is 135 Å². The third-order valence-corrected chi connectivity index (χ3v) is 4.50. The van der Waals surface area contributed by atoms with Crippen LogP contribution in [0.5, 0.6) is 0 Å². The van der Waals surface area contributed by atoms with E-state index in [1.54, 1.807) is 0 Å². The molecule has 0 aliphatic carbocycles. The molecule has 0 aromatic carbocycles. The number of nitrogens with one attached hydrogen (secondary N) is 1. The van der Waals surface area contributed by atoms with Gasteiger partial charge in [0.1, 0.15) is 0 Å². The summed E-state index contributed by atoms with van der Waals surface area (Å²) < 4.78 is 37.2. The van der Waals surface area contributed by atoms with E-state index in [9.17, 15) is 13.2 Å². The van der Waals surface area contributed by atoms with E-state index >= 15 is 0 Å². The van der Waals surface area contributed by atoms with Crippen molar-refractivity contribution in [1.29, 1.82) is 0 Å². The molecule has 2 N–H and O–H groups in total. The zero-order valence-electron chi connectivity index (χ0n) is 13.6. The number of nitrogens with zero attached hydrogens (tertiary/aromatic N) is 3. The van der Waals surface area contributed by atoms with Crippen molar-refractivity contribution in [2.75, 3.05) is 39.3 Å². The maximum Gasteiger partial charge on any atom is 0.416 e. The summed E-state index contributed by atoms with van der Waals surface area (Å²) in [5.41, 5.74) is 0. The van der Waals surface area contributed by atoms with Crippen molar-refractivity contribution < 1.29 is 18.3 Å². The first-order chi connectivity index (χ1) is 10.9. The lowest BCUT2D eigenvalue weighted by molar-refractivity contribution is -0.199. The van der Waals surface area contributed by atoms with E-state index < -0.39 is 18.8 Å². The van der Waals surface area contributed by atoms with Crippen LogP contribution in [-0.2, 0) is 0 Å². The van der Waals surface area contributed by atoms with Crippen molar-refractivity contribution in [1.82, 2.24) is 15.1 Å². The van der Waals surface area contributed by atoms with Gasteiger partial charge in [0, 0.05) is 25.7 Å². The summed E-state index contributed by atoms with van der Waals surface area (Å²) in [4.78, 5) is 8.47. The van der Waals surface area contributed by atoms with Crippen LogP contribution < -0.4 is 5.32 Å². The summed E-state index contributed by atoms with van der Waals surface area (Å²) in [6.07, 6.45) is -2.29. The van der Waals surface area contributed by atoms with E-state index in [2.05, 4.69) is 15.2 Å². The maximum atomic E-state index is 12.4. The van der Waals surface area contributed by atoms with Gasteiger partial charge in [-0.3, -0.25) is 9.89 Å². The highest BCUT2D eigenvalue weighted by Gasteiger charge is 2.38. The van der Waals surface area contributed by atoms with Crippen LogP contribution in [0.2, 0.25) is 0 Å². The van der Waals surface area contributed by atoms with Crippen LogP contribution in [0.3, 0.4) is 0 Å². The largest absolute Gasteiger partial charge is 0.416 e. The van der Waals surface area contributed by atoms with Gasteiger partial charge in [-0.15, -0.1) is 0 Å². The second-order valence-electron chi connectivity index (χ2n) is 6.24. The number of hydrogen-bond donors (Lipinski definition) is 2. The highest BCUT2D eigenvalue weighted by atomic mass is 19.4. The van der Waals surface area contributed by atoms with Gasteiger partial charge in [0.15, 0.2) is 12.1 Å². The number of alkyl halides is 3. The predicted molar refractivity (Wildman–Crippen MR) is 83.4 cm³/mol. The van der Waals surface area contributed by atoms with E-state index in [-0.39, 0.29) is 0 Å². The first kappa shape index (κ1) is 18.3. The van der Waals surface area contributed by atoms with Crippen LogP contribution in [-0.4, -0.2) is 78.5 Å². The molecule has 5 nitrogen and oxygen atoms in total. The molecule has 2 unspecified atom stereocenters. The van der Waals surface area contributed by atoms with Gasteiger partial charge in [0.25, 0.3) is 0 Å². The number of aliphatic imine (C=N–C) groups is 1. The van der Waals surface area contributed by atoms with Crippen molar-refractivity contribution in [3.05, 3.63) is 0 Å². The van der Waals surface area contributed by atoms with Crippen LogP contribution in [0.1, 0.15) is 32.6 Å². The summed E-state index contributed by atoms with van der Waals surface area (Å²) >= 11 is 0. The molecule has 2 aliphatic heterocycles. The minimum absolute atomic E-state index is 0.451. The van der Waals surface area contributed by atoms with E-state index in [0.29, 0.717) is 18.5 Å². The Balaban J connectivity index is 1.92. The predicted octanol–water partition coefficient (Wildman–Crippen LogP) is 1.44. The number of likely N-dealkylation sites (tertiary alicyclic amines) is 2. The molecule has 2 atom stereocenters. The lowest BCUT2D eigenvalue weighted by Crippen LogP contribution is -2.45. The fourth-order valence-electron chi connectivity index (χ4n) is 3.22. The average molecular weight is 336 g/mol.